The minimum atomic E-state index is -0.480. The van der Waals surface area contributed by atoms with E-state index in [0.29, 0.717) is 47.9 Å². The van der Waals surface area contributed by atoms with Gasteiger partial charge in [0, 0.05) is 28.6 Å². The zero-order chi connectivity index (χ0) is 21.5. The molecule has 0 bridgehead atoms. The molecule has 5 rings (SSSR count). The van der Waals surface area contributed by atoms with Crippen LogP contribution in [0.1, 0.15) is 41.4 Å². The highest BCUT2D eigenvalue weighted by Gasteiger charge is 2.41. The van der Waals surface area contributed by atoms with Crippen LogP contribution in [0, 0.1) is 18.3 Å². The van der Waals surface area contributed by atoms with Gasteiger partial charge in [-0.2, -0.15) is 10.4 Å². The van der Waals surface area contributed by atoms with E-state index in [1.165, 1.54) is 17.7 Å². The fourth-order valence-corrected chi connectivity index (χ4v) is 5.24. The summed E-state index contributed by atoms with van der Waals surface area (Å²) < 4.78 is 6.96. The molecule has 0 aromatic carbocycles. The summed E-state index contributed by atoms with van der Waals surface area (Å²) in [5, 5.41) is 20.3. The summed E-state index contributed by atoms with van der Waals surface area (Å²) in [6.07, 6.45) is 5.01. The van der Waals surface area contributed by atoms with Crippen LogP contribution in [0.25, 0.3) is 0 Å². The van der Waals surface area contributed by atoms with Crippen LogP contribution < -0.4 is 10.6 Å². The Morgan fingerprint density at radius 2 is 2.26 bits per heavy atom. The van der Waals surface area contributed by atoms with Gasteiger partial charge in [-0.25, -0.2) is 9.67 Å². The number of ketones is 1. The number of hydrogen-bond acceptors (Lipinski definition) is 9. The molecule has 9 nitrogen and oxygen atoms in total. The first kappa shape index (κ1) is 19.3. The number of anilines is 1. The lowest BCUT2D eigenvalue weighted by atomic mass is 9.78. The zero-order valence-electron chi connectivity index (χ0n) is 16.8. The monoisotopic (exact) mass is 433 g/mol. The van der Waals surface area contributed by atoms with Crippen LogP contribution in [0.3, 0.4) is 0 Å². The summed E-state index contributed by atoms with van der Waals surface area (Å²) in [5.74, 6) is 0.972. The molecular formula is C21H19N7O2S. The topological polar surface area (TPSA) is 127 Å². The first-order valence-electron chi connectivity index (χ1n) is 9.86. The van der Waals surface area contributed by atoms with Gasteiger partial charge < -0.3 is 10.3 Å². The second kappa shape index (κ2) is 7.52. The summed E-state index contributed by atoms with van der Waals surface area (Å²) >= 11 is 1.52. The van der Waals surface area contributed by atoms with Crippen LogP contribution in [0.2, 0.25) is 0 Å². The Balaban J connectivity index is 1.62. The maximum absolute atomic E-state index is 13.1. The summed E-state index contributed by atoms with van der Waals surface area (Å²) in [6.45, 7) is 2.35. The van der Waals surface area contributed by atoms with Crippen LogP contribution in [-0.2, 0) is 11.3 Å². The molecular weight excluding hydrogens is 414 g/mol. The highest BCUT2D eigenvalue weighted by molar-refractivity contribution is 7.10. The van der Waals surface area contributed by atoms with E-state index in [9.17, 15) is 10.1 Å². The minimum absolute atomic E-state index is 0.0444. The molecule has 156 valence electrons. The molecule has 4 heterocycles. The van der Waals surface area contributed by atoms with E-state index in [1.807, 2.05) is 11.4 Å². The minimum Gasteiger partial charge on any atom is -0.384 e. The number of hydrogen-bond donors (Lipinski definition) is 1. The van der Waals surface area contributed by atoms with Crippen molar-refractivity contribution >= 4 is 22.9 Å². The second-order valence-corrected chi connectivity index (χ2v) is 8.51. The van der Waals surface area contributed by atoms with E-state index >= 15 is 0 Å². The fraction of sp³-hybridized carbons (Fsp3) is 0.286. The van der Waals surface area contributed by atoms with Crippen LogP contribution in [0.5, 0.6) is 0 Å². The van der Waals surface area contributed by atoms with E-state index in [1.54, 1.807) is 28.9 Å². The van der Waals surface area contributed by atoms with Crippen LogP contribution in [-0.4, -0.2) is 25.7 Å². The summed E-state index contributed by atoms with van der Waals surface area (Å²) in [5.41, 5.74) is 9.32. The van der Waals surface area contributed by atoms with E-state index in [2.05, 4.69) is 21.3 Å². The maximum Gasteiger partial charge on any atom is 0.182 e. The Kier molecular flexibility index (Phi) is 4.67. The van der Waals surface area contributed by atoms with Gasteiger partial charge in [-0.3, -0.25) is 9.69 Å². The summed E-state index contributed by atoms with van der Waals surface area (Å²) in [4.78, 5) is 19.7. The number of aryl methyl sites for hydroxylation is 1. The average Bonchev–Trinajstić information content (AvgIpc) is 3.51. The van der Waals surface area contributed by atoms with E-state index in [-0.39, 0.29) is 5.78 Å². The normalized spacial score (nSPS) is 19.0. The quantitative estimate of drug-likeness (QED) is 0.665. The Morgan fingerprint density at radius 3 is 2.97 bits per heavy atom. The third-order valence-corrected chi connectivity index (χ3v) is 6.57. The van der Waals surface area contributed by atoms with Gasteiger partial charge in [0.25, 0.3) is 0 Å². The summed E-state index contributed by atoms with van der Waals surface area (Å²) in [7, 11) is 0. The maximum atomic E-state index is 13.1. The molecule has 0 amide bonds. The van der Waals surface area contributed by atoms with E-state index in [4.69, 9.17) is 10.3 Å². The largest absolute Gasteiger partial charge is 0.384 e. The van der Waals surface area contributed by atoms with Gasteiger partial charge in [-0.15, -0.1) is 11.3 Å². The second-order valence-electron chi connectivity index (χ2n) is 7.56. The number of rotatable bonds is 4. The third-order valence-electron chi connectivity index (χ3n) is 5.53. The zero-order valence-corrected chi connectivity index (χ0v) is 17.6. The lowest BCUT2D eigenvalue weighted by Crippen LogP contribution is -2.38. The average molecular weight is 433 g/mol. The number of carbonyl (C=O) groups is 1. The van der Waals surface area contributed by atoms with Gasteiger partial charge >= 0.3 is 0 Å². The number of aromatic nitrogens is 4. The van der Waals surface area contributed by atoms with E-state index < -0.39 is 5.92 Å². The van der Waals surface area contributed by atoms with Gasteiger partial charge in [0.1, 0.15) is 24.2 Å². The van der Waals surface area contributed by atoms with Crippen molar-refractivity contribution in [2.45, 2.75) is 38.6 Å². The number of thiophene rings is 1. The number of nitriles is 1. The third kappa shape index (κ3) is 3.23. The van der Waals surface area contributed by atoms with Gasteiger partial charge in [0.05, 0.1) is 24.1 Å². The van der Waals surface area contributed by atoms with Crippen molar-refractivity contribution in [2.75, 3.05) is 4.90 Å². The molecule has 1 unspecified atom stereocenters. The van der Waals surface area contributed by atoms with Crippen LogP contribution in [0.15, 0.2) is 57.4 Å². The molecule has 0 saturated carbocycles. The number of nitrogens with zero attached hydrogens (tertiary/aromatic N) is 6. The number of carbonyl (C=O) groups excluding carboxylic acids is 1. The summed E-state index contributed by atoms with van der Waals surface area (Å²) in [6, 6.07) is 6.04. The van der Waals surface area contributed by atoms with Gasteiger partial charge in [0.2, 0.25) is 0 Å². The van der Waals surface area contributed by atoms with Gasteiger partial charge in [-0.1, -0.05) is 5.16 Å². The molecule has 1 aliphatic carbocycles. The first-order chi connectivity index (χ1) is 15.1. The SMILES string of the molecule is Cc1cc(N2C(N)=C(C#N)C(c3cc(Cn4cncn4)cs3)C3=C2CCCC3=O)no1. The van der Waals surface area contributed by atoms with Crippen molar-refractivity contribution < 1.29 is 9.32 Å². The lowest BCUT2D eigenvalue weighted by molar-refractivity contribution is -0.116. The molecule has 3 aromatic rings. The van der Waals surface area contributed by atoms with Crippen molar-refractivity contribution in [3.05, 3.63) is 69.0 Å². The Labute approximate surface area is 182 Å². The molecule has 1 aliphatic heterocycles. The molecule has 2 N–H and O–H groups in total. The van der Waals surface area contributed by atoms with E-state index in [0.717, 1.165) is 22.6 Å². The van der Waals surface area contributed by atoms with Crippen molar-refractivity contribution in [1.29, 1.82) is 5.26 Å². The molecule has 3 aromatic heterocycles. The Hall–Kier alpha value is -3.71. The van der Waals surface area contributed by atoms with Crippen molar-refractivity contribution in [3.8, 4) is 6.07 Å². The van der Waals surface area contributed by atoms with Crippen LogP contribution in [0.4, 0.5) is 5.82 Å². The fourth-order valence-electron chi connectivity index (χ4n) is 4.22. The number of nitrogens with two attached hydrogens (primary N) is 1. The molecule has 31 heavy (non-hydrogen) atoms. The predicted octanol–water partition coefficient (Wildman–Crippen LogP) is 2.99. The first-order valence-corrected chi connectivity index (χ1v) is 10.7. The Bertz CT molecular complexity index is 1260. The lowest BCUT2D eigenvalue weighted by Gasteiger charge is -2.37. The van der Waals surface area contributed by atoms with Crippen molar-refractivity contribution in [1.82, 2.24) is 19.9 Å². The van der Waals surface area contributed by atoms with Gasteiger partial charge in [-0.05, 0) is 36.8 Å². The Morgan fingerprint density at radius 1 is 1.39 bits per heavy atom. The predicted molar refractivity (Wildman–Crippen MR) is 113 cm³/mol. The van der Waals surface area contributed by atoms with Crippen molar-refractivity contribution in [3.63, 3.8) is 0 Å². The number of allylic oxidation sites excluding steroid dienone is 3. The highest BCUT2D eigenvalue weighted by Crippen LogP contribution is 2.47. The molecule has 10 heteroatoms. The van der Waals surface area contributed by atoms with Crippen molar-refractivity contribution in [2.24, 2.45) is 5.73 Å². The molecule has 0 fully saturated rings. The molecule has 0 radical (unpaired) electrons. The highest BCUT2D eigenvalue weighted by atomic mass is 32.1. The standard InChI is InChI=1S/C21H19N7O2S/c1-12-5-18(26-30-12)28-15-3-2-4-16(29)20(15)19(14(7-22)21(28)23)17-6-13(9-31-17)8-27-11-24-10-25-27/h5-6,9-11,19H,2-4,8,23H2,1H3. The number of Topliss-reactive ketones (excluding diaryl/α,β-unsaturated/α-hetero) is 1. The molecule has 1 atom stereocenters. The van der Waals surface area contributed by atoms with Crippen LogP contribution >= 0.6 is 11.3 Å². The molecule has 0 saturated heterocycles. The molecule has 2 aliphatic rings. The molecule has 0 spiro atoms. The van der Waals surface area contributed by atoms with Gasteiger partial charge in [0.15, 0.2) is 11.6 Å². The smallest absolute Gasteiger partial charge is 0.182 e.